The molecule has 0 N–H and O–H groups in total. The predicted octanol–water partition coefficient (Wildman–Crippen LogP) is 1.23. The zero-order chi connectivity index (χ0) is 15.6. The monoisotopic (exact) mass is 337 g/mol. The first kappa shape index (κ1) is 16.0. The van der Waals surface area contributed by atoms with Crippen LogP contribution in [0.2, 0.25) is 0 Å². The maximum absolute atomic E-state index is 13.9. The second-order valence-corrected chi connectivity index (χ2v) is 6.87. The number of halogens is 2. The van der Waals surface area contributed by atoms with Crippen LogP contribution in [0.4, 0.5) is 4.39 Å². The number of hydrogen-bond donors (Lipinski definition) is 0. The molecule has 1 aliphatic heterocycles. The molecule has 0 aromatic heterocycles. The van der Waals surface area contributed by atoms with Gasteiger partial charge < -0.3 is 14.4 Å². The summed E-state index contributed by atoms with van der Waals surface area (Å²) < 4.78 is 46.7. The van der Waals surface area contributed by atoms with E-state index in [-0.39, 0.29) is 5.56 Å². The van der Waals surface area contributed by atoms with Gasteiger partial charge in [-0.3, -0.25) is 4.79 Å². The molecule has 21 heavy (non-hydrogen) atoms. The molecule has 0 radical (unpaired) electrons. The number of benzene rings is 1. The van der Waals surface area contributed by atoms with Gasteiger partial charge >= 0.3 is 0 Å². The van der Waals surface area contributed by atoms with E-state index in [1.807, 2.05) is 0 Å². The molecule has 1 fully saturated rings. The van der Waals surface area contributed by atoms with Gasteiger partial charge in [0.2, 0.25) is 0 Å². The highest BCUT2D eigenvalue weighted by molar-refractivity contribution is 8.13. The molecule has 0 spiro atoms. The molecular weight excluding hydrogens is 325 g/mol. The van der Waals surface area contributed by atoms with Gasteiger partial charge in [0.1, 0.15) is 4.90 Å². The fraction of sp³-hybridized carbons (Fsp3) is 0.417. The molecule has 1 aromatic rings. The highest BCUT2D eigenvalue weighted by atomic mass is 35.7. The van der Waals surface area contributed by atoms with Gasteiger partial charge in [-0.05, 0) is 12.1 Å². The maximum atomic E-state index is 13.9. The van der Waals surface area contributed by atoms with Gasteiger partial charge in [-0.15, -0.1) is 0 Å². The molecule has 1 saturated heterocycles. The summed E-state index contributed by atoms with van der Waals surface area (Å²) in [6.07, 6.45) is 0. The smallest absolute Gasteiger partial charge is 0.265 e. The van der Waals surface area contributed by atoms with Crippen LogP contribution in [-0.2, 0) is 13.8 Å². The van der Waals surface area contributed by atoms with Crippen molar-refractivity contribution < 1.29 is 27.1 Å². The van der Waals surface area contributed by atoms with E-state index in [1.54, 1.807) is 0 Å². The van der Waals surface area contributed by atoms with E-state index < -0.39 is 31.4 Å². The molecule has 9 heteroatoms. The van der Waals surface area contributed by atoms with Crippen molar-refractivity contribution in [3.8, 4) is 5.75 Å². The molecule has 0 unspecified atom stereocenters. The molecule has 1 aromatic carbocycles. The third kappa shape index (κ3) is 3.45. The van der Waals surface area contributed by atoms with Crippen LogP contribution in [0.1, 0.15) is 10.4 Å². The Bertz CT molecular complexity index is 658. The van der Waals surface area contributed by atoms with Gasteiger partial charge in [0.15, 0.2) is 11.6 Å². The van der Waals surface area contributed by atoms with Gasteiger partial charge in [0, 0.05) is 29.3 Å². The lowest BCUT2D eigenvalue weighted by molar-refractivity contribution is 0.0302. The van der Waals surface area contributed by atoms with Gasteiger partial charge in [-0.2, -0.15) is 0 Å². The third-order valence-corrected chi connectivity index (χ3v) is 4.35. The molecule has 6 nitrogen and oxygen atoms in total. The average Bonchev–Trinajstić information content (AvgIpc) is 2.45. The number of morpholine rings is 1. The van der Waals surface area contributed by atoms with Gasteiger partial charge in [-0.1, -0.05) is 0 Å². The normalized spacial score (nSPS) is 15.9. The van der Waals surface area contributed by atoms with Gasteiger partial charge in [-0.25, -0.2) is 12.8 Å². The lowest BCUT2D eigenvalue weighted by Gasteiger charge is -2.27. The lowest BCUT2D eigenvalue weighted by Crippen LogP contribution is -2.40. The largest absolute Gasteiger partial charge is 0.492 e. The second-order valence-electron chi connectivity index (χ2n) is 4.33. The molecule has 0 saturated carbocycles. The predicted molar refractivity (Wildman–Crippen MR) is 72.7 cm³/mol. The molecule has 1 aliphatic rings. The summed E-state index contributed by atoms with van der Waals surface area (Å²) in [5.74, 6) is -1.96. The first-order valence-electron chi connectivity index (χ1n) is 6.04. The Labute approximate surface area is 125 Å². The fourth-order valence-corrected chi connectivity index (χ4v) is 3.03. The number of nitrogens with zero attached hydrogens (tertiary/aromatic N) is 1. The second kappa shape index (κ2) is 6.17. The van der Waals surface area contributed by atoms with Gasteiger partial charge in [0.25, 0.3) is 15.0 Å². The molecular formula is C12H13ClFNO5S. The fourth-order valence-electron chi connectivity index (χ4n) is 2.02. The maximum Gasteiger partial charge on any atom is 0.265 e. The van der Waals surface area contributed by atoms with E-state index >= 15 is 0 Å². The van der Waals surface area contributed by atoms with Crippen LogP contribution < -0.4 is 4.74 Å². The average molecular weight is 338 g/mol. The molecule has 1 amide bonds. The van der Waals surface area contributed by atoms with Crippen molar-refractivity contribution in [2.45, 2.75) is 4.90 Å². The number of rotatable bonds is 3. The van der Waals surface area contributed by atoms with E-state index in [9.17, 15) is 17.6 Å². The van der Waals surface area contributed by atoms with Crippen LogP contribution >= 0.6 is 10.7 Å². The Morgan fingerprint density at radius 2 is 2.00 bits per heavy atom. The zero-order valence-electron chi connectivity index (χ0n) is 11.1. The number of carbonyl (C=O) groups excluding carboxylic acids is 1. The van der Waals surface area contributed by atoms with Crippen LogP contribution in [0.5, 0.6) is 5.75 Å². The number of amides is 1. The van der Waals surface area contributed by atoms with Crippen molar-refractivity contribution in [2.24, 2.45) is 0 Å². The topological polar surface area (TPSA) is 72.9 Å². The van der Waals surface area contributed by atoms with Crippen molar-refractivity contribution in [1.29, 1.82) is 0 Å². The van der Waals surface area contributed by atoms with Crippen molar-refractivity contribution in [2.75, 3.05) is 33.4 Å². The number of hydrogen-bond acceptors (Lipinski definition) is 5. The summed E-state index contributed by atoms with van der Waals surface area (Å²) in [5.41, 5.74) is -0.102. The number of ether oxygens (including phenoxy) is 2. The van der Waals surface area contributed by atoms with Crippen molar-refractivity contribution in [3.63, 3.8) is 0 Å². The molecule has 1 heterocycles. The Morgan fingerprint density at radius 1 is 1.38 bits per heavy atom. The lowest BCUT2D eigenvalue weighted by atomic mass is 10.1. The SMILES string of the molecule is COc1c(F)cc(C(=O)N2CCOCC2)cc1S(=O)(=O)Cl. The molecule has 0 atom stereocenters. The van der Waals surface area contributed by atoms with Crippen molar-refractivity contribution in [3.05, 3.63) is 23.5 Å². The Kier molecular flexibility index (Phi) is 4.70. The third-order valence-electron chi connectivity index (χ3n) is 3.02. The zero-order valence-corrected chi connectivity index (χ0v) is 12.7. The summed E-state index contributed by atoms with van der Waals surface area (Å²) in [6, 6.07) is 1.95. The summed E-state index contributed by atoms with van der Waals surface area (Å²) in [5, 5.41) is 0. The van der Waals surface area contributed by atoms with E-state index in [2.05, 4.69) is 0 Å². The quantitative estimate of drug-likeness (QED) is 0.776. The van der Waals surface area contributed by atoms with Crippen LogP contribution in [0, 0.1) is 5.82 Å². The van der Waals surface area contributed by atoms with Crippen LogP contribution in [0.25, 0.3) is 0 Å². The van der Waals surface area contributed by atoms with Crippen LogP contribution in [0.3, 0.4) is 0 Å². The summed E-state index contributed by atoms with van der Waals surface area (Å²) in [4.78, 5) is 13.1. The van der Waals surface area contributed by atoms with Crippen molar-refractivity contribution in [1.82, 2.24) is 4.90 Å². The van der Waals surface area contributed by atoms with E-state index in [1.165, 1.54) is 4.90 Å². The Hall–Kier alpha value is -1.38. The number of methoxy groups -OCH3 is 1. The molecule has 116 valence electrons. The minimum absolute atomic E-state index is 0.102. The standard InChI is InChI=1S/C12H13ClFNO5S/c1-19-11-9(14)6-8(7-10(11)21(13,17)18)12(16)15-2-4-20-5-3-15/h6-7H,2-5H2,1H3. The Morgan fingerprint density at radius 3 is 2.52 bits per heavy atom. The highest BCUT2D eigenvalue weighted by Gasteiger charge is 2.26. The van der Waals surface area contributed by atoms with E-state index in [4.69, 9.17) is 20.2 Å². The summed E-state index contributed by atoms with van der Waals surface area (Å²) >= 11 is 0. The van der Waals surface area contributed by atoms with E-state index in [0.29, 0.717) is 26.3 Å². The van der Waals surface area contributed by atoms with Crippen molar-refractivity contribution >= 4 is 25.6 Å². The highest BCUT2D eigenvalue weighted by Crippen LogP contribution is 2.31. The minimum Gasteiger partial charge on any atom is -0.492 e. The van der Waals surface area contributed by atoms with E-state index in [0.717, 1.165) is 19.2 Å². The Balaban J connectivity index is 2.45. The molecule has 2 rings (SSSR count). The molecule has 0 bridgehead atoms. The number of carbonyl (C=O) groups is 1. The molecule has 0 aliphatic carbocycles. The van der Waals surface area contributed by atoms with Gasteiger partial charge in [0.05, 0.1) is 20.3 Å². The van der Waals surface area contributed by atoms with Crippen LogP contribution in [0.15, 0.2) is 17.0 Å². The summed E-state index contributed by atoms with van der Waals surface area (Å²) in [7, 11) is 2.13. The van der Waals surface area contributed by atoms with Crippen LogP contribution in [-0.4, -0.2) is 52.6 Å². The first-order valence-corrected chi connectivity index (χ1v) is 8.34. The summed E-state index contributed by atoms with van der Waals surface area (Å²) in [6.45, 7) is 1.47. The first-order chi connectivity index (χ1) is 9.84. The minimum atomic E-state index is -4.24.